The molecule has 1 aromatic rings. The van der Waals surface area contributed by atoms with Crippen LogP contribution < -0.4 is 10.0 Å². The molecule has 1 rings (SSSR count). The first kappa shape index (κ1) is 17.4. The van der Waals surface area contributed by atoms with Crippen molar-refractivity contribution in [3.63, 3.8) is 0 Å². The molecule has 21 heavy (non-hydrogen) atoms. The maximum atomic E-state index is 12.4. The number of sulfonamides is 1. The fraction of sp³-hybridized carbons (Fsp3) is 0.538. The Labute approximate surface area is 124 Å². The molecule has 0 aliphatic rings. The predicted molar refractivity (Wildman–Crippen MR) is 82.0 cm³/mol. The average Bonchev–Trinajstić information content (AvgIpc) is 2.33. The standard InChI is InChI=1S/C13H21N3O4S/c1-5-8-14-11-7-6-10(16(17)18)9-12(11)21(19,20)15-13(2,3)4/h6-7,9,14-15H,5,8H2,1-4H3. The minimum absolute atomic E-state index is 0.111. The van der Waals surface area contributed by atoms with Crippen molar-refractivity contribution >= 4 is 21.4 Å². The largest absolute Gasteiger partial charge is 0.384 e. The van der Waals surface area contributed by atoms with Crippen molar-refractivity contribution in [2.75, 3.05) is 11.9 Å². The van der Waals surface area contributed by atoms with Crippen LogP contribution in [0.2, 0.25) is 0 Å². The van der Waals surface area contributed by atoms with Crippen molar-refractivity contribution in [3.8, 4) is 0 Å². The summed E-state index contributed by atoms with van der Waals surface area (Å²) < 4.78 is 27.4. The highest BCUT2D eigenvalue weighted by Crippen LogP contribution is 2.27. The molecule has 8 heteroatoms. The normalized spacial score (nSPS) is 12.2. The summed E-state index contributed by atoms with van der Waals surface area (Å²) >= 11 is 0. The van der Waals surface area contributed by atoms with Crippen LogP contribution in [0.3, 0.4) is 0 Å². The lowest BCUT2D eigenvalue weighted by atomic mass is 10.1. The van der Waals surface area contributed by atoms with Gasteiger partial charge < -0.3 is 5.32 Å². The van der Waals surface area contributed by atoms with Gasteiger partial charge in [-0.15, -0.1) is 0 Å². The summed E-state index contributed by atoms with van der Waals surface area (Å²) in [6, 6.07) is 3.78. The van der Waals surface area contributed by atoms with Gasteiger partial charge in [-0.2, -0.15) is 0 Å². The van der Waals surface area contributed by atoms with Gasteiger partial charge in [0.15, 0.2) is 0 Å². The van der Waals surface area contributed by atoms with Gasteiger partial charge >= 0.3 is 0 Å². The number of anilines is 1. The van der Waals surface area contributed by atoms with E-state index in [0.29, 0.717) is 12.2 Å². The molecule has 0 saturated carbocycles. The molecule has 0 spiro atoms. The Morgan fingerprint density at radius 1 is 1.29 bits per heavy atom. The fourth-order valence-electron chi connectivity index (χ4n) is 1.71. The second-order valence-corrected chi connectivity index (χ2v) is 7.37. The van der Waals surface area contributed by atoms with E-state index in [0.717, 1.165) is 12.5 Å². The Morgan fingerprint density at radius 2 is 1.90 bits per heavy atom. The summed E-state index contributed by atoms with van der Waals surface area (Å²) in [6.45, 7) is 7.65. The van der Waals surface area contributed by atoms with E-state index in [9.17, 15) is 18.5 Å². The molecular formula is C13H21N3O4S. The third-order valence-corrected chi connectivity index (χ3v) is 4.27. The Bertz CT molecular complexity index is 621. The van der Waals surface area contributed by atoms with Crippen molar-refractivity contribution < 1.29 is 13.3 Å². The summed E-state index contributed by atoms with van der Waals surface area (Å²) in [6.07, 6.45) is 0.809. The highest BCUT2D eigenvalue weighted by molar-refractivity contribution is 7.89. The molecule has 0 radical (unpaired) electrons. The van der Waals surface area contributed by atoms with Crippen LogP contribution in [0.4, 0.5) is 11.4 Å². The first-order chi connectivity index (χ1) is 9.57. The monoisotopic (exact) mass is 315 g/mol. The molecule has 0 fully saturated rings. The molecule has 0 atom stereocenters. The molecule has 0 aromatic heterocycles. The molecule has 0 saturated heterocycles. The zero-order valence-corrected chi connectivity index (χ0v) is 13.5. The van der Waals surface area contributed by atoms with E-state index < -0.39 is 20.5 Å². The molecule has 0 bridgehead atoms. The molecular weight excluding hydrogens is 294 g/mol. The van der Waals surface area contributed by atoms with Crippen molar-refractivity contribution in [1.29, 1.82) is 0 Å². The number of hydrogen-bond donors (Lipinski definition) is 2. The van der Waals surface area contributed by atoms with E-state index >= 15 is 0 Å². The number of nitrogens with zero attached hydrogens (tertiary/aromatic N) is 1. The summed E-state index contributed by atoms with van der Waals surface area (Å²) in [5, 5.41) is 13.8. The van der Waals surface area contributed by atoms with Crippen LogP contribution in [0, 0.1) is 10.1 Å². The van der Waals surface area contributed by atoms with Crippen molar-refractivity contribution in [2.24, 2.45) is 0 Å². The molecule has 0 unspecified atom stereocenters. The number of nitro groups is 1. The summed E-state index contributed by atoms with van der Waals surface area (Å²) in [7, 11) is -3.85. The predicted octanol–water partition coefficient (Wildman–Crippen LogP) is 2.49. The number of rotatable bonds is 6. The quantitative estimate of drug-likeness (QED) is 0.620. The number of non-ortho nitro benzene ring substituents is 1. The van der Waals surface area contributed by atoms with Gasteiger partial charge in [0.05, 0.1) is 10.6 Å². The van der Waals surface area contributed by atoms with Gasteiger partial charge in [0.1, 0.15) is 4.90 Å². The van der Waals surface area contributed by atoms with Crippen LogP contribution in [-0.4, -0.2) is 25.4 Å². The first-order valence-electron chi connectivity index (χ1n) is 6.63. The maximum absolute atomic E-state index is 12.4. The van der Waals surface area contributed by atoms with E-state index in [1.165, 1.54) is 12.1 Å². The Hall–Kier alpha value is -1.67. The molecule has 2 N–H and O–H groups in total. The van der Waals surface area contributed by atoms with Gasteiger partial charge in [0, 0.05) is 24.2 Å². The van der Waals surface area contributed by atoms with Gasteiger partial charge in [-0.25, -0.2) is 13.1 Å². The minimum atomic E-state index is -3.85. The van der Waals surface area contributed by atoms with E-state index in [1.807, 2.05) is 6.92 Å². The highest BCUT2D eigenvalue weighted by Gasteiger charge is 2.26. The number of nitro benzene ring substituents is 1. The highest BCUT2D eigenvalue weighted by atomic mass is 32.2. The second-order valence-electron chi connectivity index (χ2n) is 5.72. The smallest absolute Gasteiger partial charge is 0.270 e. The van der Waals surface area contributed by atoms with E-state index in [4.69, 9.17) is 0 Å². The summed E-state index contributed by atoms with van der Waals surface area (Å²) in [5.41, 5.74) is -0.573. The molecule has 0 amide bonds. The van der Waals surface area contributed by atoms with Crippen LogP contribution in [0.25, 0.3) is 0 Å². The Morgan fingerprint density at radius 3 is 2.38 bits per heavy atom. The lowest BCUT2D eigenvalue weighted by Gasteiger charge is -2.21. The van der Waals surface area contributed by atoms with Gasteiger partial charge in [-0.05, 0) is 33.3 Å². The number of hydrogen-bond acceptors (Lipinski definition) is 5. The lowest BCUT2D eigenvalue weighted by Crippen LogP contribution is -2.40. The third-order valence-electron chi connectivity index (χ3n) is 2.47. The molecule has 0 aliphatic heterocycles. The molecule has 0 aliphatic carbocycles. The zero-order valence-electron chi connectivity index (χ0n) is 12.6. The van der Waals surface area contributed by atoms with E-state index in [2.05, 4.69) is 10.0 Å². The van der Waals surface area contributed by atoms with Crippen LogP contribution in [-0.2, 0) is 10.0 Å². The lowest BCUT2D eigenvalue weighted by molar-refractivity contribution is -0.385. The number of nitrogens with one attached hydrogen (secondary N) is 2. The molecule has 118 valence electrons. The van der Waals surface area contributed by atoms with Gasteiger partial charge in [0.25, 0.3) is 5.69 Å². The number of benzene rings is 1. The fourth-order valence-corrected chi connectivity index (χ4v) is 3.33. The second kappa shape index (κ2) is 6.40. The SMILES string of the molecule is CCCNc1ccc([N+](=O)[O-])cc1S(=O)(=O)NC(C)(C)C. The van der Waals surface area contributed by atoms with Gasteiger partial charge in [-0.1, -0.05) is 6.92 Å². The van der Waals surface area contributed by atoms with Crippen LogP contribution >= 0.6 is 0 Å². The van der Waals surface area contributed by atoms with Crippen molar-refractivity contribution in [3.05, 3.63) is 28.3 Å². The van der Waals surface area contributed by atoms with E-state index in [-0.39, 0.29) is 10.6 Å². The van der Waals surface area contributed by atoms with Gasteiger partial charge in [0.2, 0.25) is 10.0 Å². The van der Waals surface area contributed by atoms with Crippen molar-refractivity contribution in [1.82, 2.24) is 4.72 Å². The first-order valence-corrected chi connectivity index (χ1v) is 8.11. The van der Waals surface area contributed by atoms with Crippen LogP contribution in [0.5, 0.6) is 0 Å². The van der Waals surface area contributed by atoms with Crippen LogP contribution in [0.15, 0.2) is 23.1 Å². The Kier molecular flexibility index (Phi) is 5.30. The maximum Gasteiger partial charge on any atom is 0.270 e. The minimum Gasteiger partial charge on any atom is -0.384 e. The van der Waals surface area contributed by atoms with Crippen molar-refractivity contribution in [2.45, 2.75) is 44.6 Å². The molecule has 1 aromatic carbocycles. The van der Waals surface area contributed by atoms with E-state index in [1.54, 1.807) is 20.8 Å². The van der Waals surface area contributed by atoms with Gasteiger partial charge in [-0.3, -0.25) is 10.1 Å². The van der Waals surface area contributed by atoms with Crippen LogP contribution in [0.1, 0.15) is 34.1 Å². The third kappa shape index (κ3) is 4.98. The topological polar surface area (TPSA) is 101 Å². The molecule has 0 heterocycles. The summed E-state index contributed by atoms with van der Waals surface area (Å²) in [5.74, 6) is 0. The Balaban J connectivity index is 3.34. The summed E-state index contributed by atoms with van der Waals surface area (Å²) in [4.78, 5) is 10.1. The molecule has 7 nitrogen and oxygen atoms in total. The average molecular weight is 315 g/mol. The zero-order chi connectivity index (χ0) is 16.3.